The lowest BCUT2D eigenvalue weighted by Crippen LogP contribution is -2.29. The van der Waals surface area contributed by atoms with Crippen molar-refractivity contribution < 1.29 is 18.7 Å². The summed E-state index contributed by atoms with van der Waals surface area (Å²) in [5.41, 5.74) is 3.55. The molecule has 6 rings (SSSR count). The van der Waals surface area contributed by atoms with Crippen LogP contribution in [0.25, 0.3) is 22.2 Å². The Kier molecular flexibility index (Phi) is 7.51. The van der Waals surface area contributed by atoms with Crippen molar-refractivity contribution in [3.8, 4) is 11.1 Å². The van der Waals surface area contributed by atoms with Gasteiger partial charge in [0.25, 0.3) is 0 Å². The van der Waals surface area contributed by atoms with Crippen molar-refractivity contribution in [2.75, 3.05) is 0 Å². The molecule has 5 aromatic rings. The Balaban J connectivity index is 1.31. The summed E-state index contributed by atoms with van der Waals surface area (Å²) in [5.74, 6) is -1.17. The minimum absolute atomic E-state index is 0.0350. The van der Waals surface area contributed by atoms with E-state index in [4.69, 9.17) is 32.7 Å². The molecule has 0 bridgehead atoms. The van der Waals surface area contributed by atoms with E-state index in [1.807, 2.05) is 68.4 Å². The van der Waals surface area contributed by atoms with E-state index < -0.39 is 30.2 Å². The normalized spacial score (nSPS) is 21.2. The van der Waals surface area contributed by atoms with Gasteiger partial charge < -0.3 is 14.0 Å². The van der Waals surface area contributed by atoms with Gasteiger partial charge in [0.1, 0.15) is 29.5 Å². The average Bonchev–Trinajstić information content (AvgIpc) is 3.48. The number of nitrogens with zero attached hydrogens (tertiary/aromatic N) is 3. The number of halogens is 3. The number of hydrogen-bond donors (Lipinski definition) is 0. The summed E-state index contributed by atoms with van der Waals surface area (Å²) in [6, 6.07) is 24.4. The maximum absolute atomic E-state index is 14.9. The molecule has 1 aliphatic heterocycles. The van der Waals surface area contributed by atoms with Gasteiger partial charge in [0, 0.05) is 17.1 Å². The van der Waals surface area contributed by atoms with E-state index in [0.717, 1.165) is 16.7 Å². The second-order valence-corrected chi connectivity index (χ2v) is 11.1. The quantitative estimate of drug-likeness (QED) is 0.147. The Labute approximate surface area is 246 Å². The second-order valence-electron chi connectivity index (χ2n) is 10.3. The molecule has 0 aliphatic carbocycles. The lowest BCUT2D eigenvalue weighted by Gasteiger charge is -2.27. The van der Waals surface area contributed by atoms with Crippen LogP contribution in [0.1, 0.15) is 42.1 Å². The second kappa shape index (κ2) is 11.2. The number of ether oxygens (including phenoxy) is 2. The molecule has 0 unspecified atom stereocenters. The predicted octanol–water partition coefficient (Wildman–Crippen LogP) is 8.31. The van der Waals surface area contributed by atoms with Gasteiger partial charge >= 0.3 is 5.97 Å². The summed E-state index contributed by atoms with van der Waals surface area (Å²) < 4.78 is 29.3. The number of esters is 1. The van der Waals surface area contributed by atoms with Crippen molar-refractivity contribution in [3.63, 3.8) is 0 Å². The van der Waals surface area contributed by atoms with Crippen LogP contribution in [0, 0.1) is 17.7 Å². The molecule has 1 saturated heterocycles. The van der Waals surface area contributed by atoms with E-state index >= 15 is 0 Å². The Bertz CT molecular complexity index is 1690. The van der Waals surface area contributed by atoms with Crippen molar-refractivity contribution in [3.05, 3.63) is 119 Å². The summed E-state index contributed by atoms with van der Waals surface area (Å²) in [7, 11) is 0. The van der Waals surface area contributed by atoms with E-state index in [9.17, 15) is 9.18 Å². The zero-order chi connectivity index (χ0) is 28.7. The molecule has 3 aromatic carbocycles. The molecule has 5 atom stereocenters. The van der Waals surface area contributed by atoms with Crippen molar-refractivity contribution >= 4 is 40.2 Å². The van der Waals surface area contributed by atoms with E-state index in [-0.39, 0.29) is 22.4 Å². The van der Waals surface area contributed by atoms with Crippen LogP contribution in [0.3, 0.4) is 0 Å². The molecular formula is C32H26Cl2FN3O3. The highest BCUT2D eigenvalue weighted by molar-refractivity contribution is 6.34. The van der Waals surface area contributed by atoms with Gasteiger partial charge in [-0.2, -0.15) is 0 Å². The molecule has 0 saturated carbocycles. The smallest absolute Gasteiger partial charge is 0.338 e. The molecule has 0 amide bonds. The van der Waals surface area contributed by atoms with Crippen LogP contribution in [0.2, 0.25) is 10.2 Å². The van der Waals surface area contributed by atoms with Gasteiger partial charge in [-0.05, 0) is 46.9 Å². The van der Waals surface area contributed by atoms with E-state index in [1.54, 1.807) is 28.8 Å². The van der Waals surface area contributed by atoms with Gasteiger partial charge in [-0.1, -0.05) is 91.6 Å². The van der Waals surface area contributed by atoms with Gasteiger partial charge in [-0.15, -0.1) is 0 Å². The van der Waals surface area contributed by atoms with Crippen LogP contribution in [-0.4, -0.2) is 26.6 Å². The van der Waals surface area contributed by atoms with Gasteiger partial charge in [0.05, 0.1) is 10.9 Å². The minimum Gasteiger partial charge on any atom is -0.451 e. The summed E-state index contributed by atoms with van der Waals surface area (Å²) in [5, 5.41) is 0.737. The molecule has 0 N–H and O–H groups in total. The first-order valence-electron chi connectivity index (χ1n) is 13.3. The molecular weight excluding hydrogens is 564 g/mol. The first kappa shape index (κ1) is 27.4. The van der Waals surface area contributed by atoms with Crippen LogP contribution in [-0.2, 0) is 9.47 Å². The third kappa shape index (κ3) is 5.21. The summed E-state index contributed by atoms with van der Waals surface area (Å²) >= 11 is 12.3. The molecule has 0 radical (unpaired) electrons. The number of carbonyl (C=O) groups is 1. The maximum atomic E-state index is 14.9. The third-order valence-electron chi connectivity index (χ3n) is 7.84. The fourth-order valence-electron chi connectivity index (χ4n) is 5.42. The molecule has 41 heavy (non-hydrogen) atoms. The van der Waals surface area contributed by atoms with E-state index in [1.165, 1.54) is 12.5 Å². The molecule has 1 fully saturated rings. The van der Waals surface area contributed by atoms with Gasteiger partial charge in [-0.25, -0.2) is 19.2 Å². The van der Waals surface area contributed by atoms with Crippen LogP contribution in [0.5, 0.6) is 0 Å². The summed E-state index contributed by atoms with van der Waals surface area (Å²) in [6.45, 7) is 4.05. The van der Waals surface area contributed by atoms with Crippen LogP contribution >= 0.6 is 23.2 Å². The highest BCUT2D eigenvalue weighted by Crippen LogP contribution is 2.46. The maximum Gasteiger partial charge on any atom is 0.338 e. The fourth-order valence-corrected chi connectivity index (χ4v) is 5.77. The van der Waals surface area contributed by atoms with Gasteiger partial charge in [0.15, 0.2) is 11.9 Å². The first-order valence-corrected chi connectivity index (χ1v) is 14.0. The average molecular weight is 590 g/mol. The number of hydrogen-bond acceptors (Lipinski definition) is 5. The standard InChI is InChI=1S/C32H26Cl2FN3O3/c1-18-19(2)31(38-16-25(35)26-29(34)36-17-37-30(26)38)40-27(18)28(22-12-14-24(33)15-13-22)41-32(39)23-10-8-21(9-11-23)20-6-4-3-5-7-20/h3-19,27-28,31H,1-2H3/t18-,19+,27-,28+,31+/m0/s1. The molecule has 6 nitrogen and oxygen atoms in total. The number of fused-ring (bicyclic) bond motifs is 1. The monoisotopic (exact) mass is 589 g/mol. The molecule has 2 aromatic heterocycles. The molecule has 208 valence electrons. The van der Waals surface area contributed by atoms with Crippen LogP contribution in [0.4, 0.5) is 4.39 Å². The van der Waals surface area contributed by atoms with Crippen molar-refractivity contribution in [1.82, 2.24) is 14.5 Å². The lowest BCUT2D eigenvalue weighted by molar-refractivity contribution is -0.0792. The fraction of sp³-hybridized carbons (Fsp3) is 0.219. The van der Waals surface area contributed by atoms with Crippen molar-refractivity contribution in [2.45, 2.75) is 32.3 Å². The largest absolute Gasteiger partial charge is 0.451 e. The lowest BCUT2D eigenvalue weighted by atomic mass is 9.88. The Hall–Kier alpha value is -3.78. The zero-order valence-electron chi connectivity index (χ0n) is 22.2. The van der Waals surface area contributed by atoms with Crippen molar-refractivity contribution in [1.29, 1.82) is 0 Å². The topological polar surface area (TPSA) is 66.2 Å². The highest BCUT2D eigenvalue weighted by Gasteiger charge is 2.46. The molecule has 3 heterocycles. The Morgan fingerprint density at radius 3 is 2.32 bits per heavy atom. The van der Waals surface area contributed by atoms with E-state index in [0.29, 0.717) is 16.2 Å². The first-order chi connectivity index (χ1) is 19.8. The highest BCUT2D eigenvalue weighted by atomic mass is 35.5. The third-order valence-corrected chi connectivity index (χ3v) is 8.38. The Morgan fingerprint density at radius 2 is 1.61 bits per heavy atom. The molecule has 0 spiro atoms. The number of aromatic nitrogens is 3. The SMILES string of the molecule is C[C@@H]1[C@H](C)[C@@H]([C@H](OC(=O)c2ccc(-c3ccccc3)cc2)c2ccc(Cl)cc2)O[C@H]1n1cc(F)c2c(Cl)ncnc21. The van der Waals surface area contributed by atoms with Crippen molar-refractivity contribution in [2.24, 2.45) is 11.8 Å². The minimum atomic E-state index is -0.749. The summed E-state index contributed by atoms with van der Waals surface area (Å²) in [6.07, 6.45) is 0.760. The van der Waals surface area contributed by atoms with Crippen LogP contribution in [0.15, 0.2) is 91.4 Å². The number of benzene rings is 3. The molecule has 1 aliphatic rings. The van der Waals surface area contributed by atoms with Gasteiger partial charge in [0.2, 0.25) is 0 Å². The van der Waals surface area contributed by atoms with Crippen LogP contribution < -0.4 is 0 Å². The zero-order valence-corrected chi connectivity index (χ0v) is 23.8. The molecule has 9 heteroatoms. The Morgan fingerprint density at radius 1 is 0.927 bits per heavy atom. The number of carbonyl (C=O) groups excluding carboxylic acids is 1. The predicted molar refractivity (Wildman–Crippen MR) is 156 cm³/mol. The summed E-state index contributed by atoms with van der Waals surface area (Å²) in [4.78, 5) is 21.6. The number of rotatable bonds is 6. The van der Waals surface area contributed by atoms with E-state index in [2.05, 4.69) is 9.97 Å². The van der Waals surface area contributed by atoms with Gasteiger partial charge in [-0.3, -0.25) is 0 Å².